The number of hydrogen-bond donors (Lipinski definition) is 3. The van der Waals surface area contributed by atoms with Crippen molar-refractivity contribution >= 4 is 23.7 Å². The lowest BCUT2D eigenvalue weighted by atomic mass is 9.99. The number of nitrogens with one attached hydrogen (secondary N) is 2. The molecule has 0 fully saturated rings. The van der Waals surface area contributed by atoms with E-state index in [0.717, 1.165) is 37.8 Å². The van der Waals surface area contributed by atoms with E-state index in [1.807, 2.05) is 11.5 Å². The zero-order valence-electron chi connectivity index (χ0n) is 12.8. The van der Waals surface area contributed by atoms with Gasteiger partial charge in [0.15, 0.2) is 0 Å². The molecule has 0 heterocycles. The normalized spacial score (nSPS) is 15.9. The molecule has 0 saturated heterocycles. The molecule has 2 amide bonds. The van der Waals surface area contributed by atoms with Crippen molar-refractivity contribution in [3.63, 3.8) is 0 Å². The average molecular weight is 317 g/mol. The fourth-order valence-electron chi connectivity index (χ4n) is 3.41. The lowest BCUT2D eigenvalue weighted by molar-refractivity contribution is 0.257. The highest BCUT2D eigenvalue weighted by Crippen LogP contribution is 2.38. The quantitative estimate of drug-likeness (QED) is 0.730. The molecule has 0 spiro atoms. The Morgan fingerprint density at radius 2 is 1.86 bits per heavy atom. The van der Waals surface area contributed by atoms with Crippen LogP contribution in [0.25, 0.3) is 0 Å². The third kappa shape index (κ3) is 3.31. The molecule has 3 rings (SSSR count). The fourth-order valence-corrected chi connectivity index (χ4v) is 3.86. The molecule has 2 aliphatic carbocycles. The van der Waals surface area contributed by atoms with E-state index >= 15 is 0 Å². The summed E-state index contributed by atoms with van der Waals surface area (Å²) in [6.07, 6.45) is 9.66. The van der Waals surface area contributed by atoms with E-state index in [9.17, 15) is 4.79 Å². The van der Waals surface area contributed by atoms with Gasteiger partial charge in [0.1, 0.15) is 0 Å². The first-order valence-electron chi connectivity index (χ1n) is 8.04. The number of rotatable bonds is 5. The molecule has 0 aliphatic heterocycles. The molecule has 22 heavy (non-hydrogen) atoms. The number of amides is 2. The second-order valence-corrected chi connectivity index (χ2v) is 6.57. The van der Waals surface area contributed by atoms with Crippen molar-refractivity contribution in [3.05, 3.63) is 39.8 Å². The van der Waals surface area contributed by atoms with E-state index in [2.05, 4.69) is 16.1 Å². The van der Waals surface area contributed by atoms with Crippen molar-refractivity contribution in [2.75, 3.05) is 11.9 Å². The Hall–Kier alpha value is -1.46. The minimum absolute atomic E-state index is 0.142. The highest BCUT2D eigenvalue weighted by molar-refractivity contribution is 8.00. The topological polar surface area (TPSA) is 67.1 Å². The van der Waals surface area contributed by atoms with E-state index in [-0.39, 0.29) is 6.03 Å². The van der Waals surface area contributed by atoms with Gasteiger partial charge >= 0.3 is 6.03 Å². The van der Waals surface area contributed by atoms with Gasteiger partial charge in [-0.25, -0.2) is 4.79 Å². The number of fused-ring (bicyclic) bond motifs is 2. The summed E-state index contributed by atoms with van der Waals surface area (Å²) in [4.78, 5) is 12.1. The number of anilines is 1. The molecule has 0 atom stereocenters. The molecule has 0 saturated carbocycles. The summed E-state index contributed by atoms with van der Waals surface area (Å²) in [5.74, 6) is 0. The molecule has 1 aromatic rings. The van der Waals surface area contributed by atoms with E-state index in [1.165, 1.54) is 47.0 Å². The third-order valence-corrected chi connectivity index (χ3v) is 4.99. The van der Waals surface area contributed by atoms with Gasteiger partial charge in [0.2, 0.25) is 0 Å². The number of nitrogens with two attached hydrogens (primary N) is 1. The van der Waals surface area contributed by atoms with E-state index in [1.54, 1.807) is 0 Å². The van der Waals surface area contributed by atoms with Gasteiger partial charge in [0.05, 0.1) is 0 Å². The molecule has 0 aromatic heterocycles. The van der Waals surface area contributed by atoms with Crippen molar-refractivity contribution in [1.29, 1.82) is 0 Å². The van der Waals surface area contributed by atoms with E-state index in [0.29, 0.717) is 6.54 Å². The maximum atomic E-state index is 12.1. The monoisotopic (exact) mass is 317 g/mol. The first-order chi connectivity index (χ1) is 10.8. The zero-order valence-corrected chi connectivity index (χ0v) is 13.6. The summed E-state index contributed by atoms with van der Waals surface area (Å²) in [5.41, 5.74) is 12.1. The zero-order chi connectivity index (χ0) is 15.4. The predicted molar refractivity (Wildman–Crippen MR) is 93.0 cm³/mol. The van der Waals surface area contributed by atoms with Gasteiger partial charge in [-0.3, -0.25) is 4.72 Å². The van der Waals surface area contributed by atoms with Crippen molar-refractivity contribution in [1.82, 2.24) is 4.72 Å². The van der Waals surface area contributed by atoms with Crippen molar-refractivity contribution < 1.29 is 4.79 Å². The Labute approximate surface area is 136 Å². The van der Waals surface area contributed by atoms with Crippen LogP contribution in [0.15, 0.2) is 17.6 Å². The summed E-state index contributed by atoms with van der Waals surface area (Å²) in [5, 5.41) is 4.97. The second-order valence-electron chi connectivity index (χ2n) is 5.86. The Balaban J connectivity index is 1.69. The van der Waals surface area contributed by atoms with Gasteiger partial charge in [0.25, 0.3) is 0 Å². The average Bonchev–Trinajstić information content (AvgIpc) is 3.15. The van der Waals surface area contributed by atoms with Crippen LogP contribution in [0, 0.1) is 0 Å². The van der Waals surface area contributed by atoms with Crippen LogP contribution in [0.1, 0.15) is 41.5 Å². The lowest BCUT2D eigenvalue weighted by Crippen LogP contribution is -2.23. The highest BCUT2D eigenvalue weighted by atomic mass is 32.2. The van der Waals surface area contributed by atoms with Crippen LogP contribution in [0.3, 0.4) is 0 Å². The van der Waals surface area contributed by atoms with Crippen LogP contribution in [0.5, 0.6) is 0 Å². The van der Waals surface area contributed by atoms with Gasteiger partial charge in [-0.1, -0.05) is 12.1 Å². The van der Waals surface area contributed by atoms with Crippen LogP contribution in [0.4, 0.5) is 10.5 Å². The minimum Gasteiger partial charge on any atom is -0.330 e. The standard InChI is InChI=1S/C17H23N3OS/c18-9-1-2-10-22-20-17(21)19-16-14-7-3-5-12(14)11-13-6-4-8-15(13)16/h2,10-11H,1,3-9,18H2,(H2,19,20,21)/b10-2+. The fraction of sp³-hybridized carbons (Fsp3) is 0.471. The summed E-state index contributed by atoms with van der Waals surface area (Å²) in [6.45, 7) is 0.631. The first kappa shape index (κ1) is 15.4. The number of hydrogen-bond acceptors (Lipinski definition) is 3. The van der Waals surface area contributed by atoms with Gasteiger partial charge < -0.3 is 11.1 Å². The Morgan fingerprint density at radius 1 is 1.18 bits per heavy atom. The molecule has 118 valence electrons. The summed E-state index contributed by atoms with van der Waals surface area (Å²) >= 11 is 1.29. The van der Waals surface area contributed by atoms with Crippen LogP contribution in [-0.4, -0.2) is 12.6 Å². The van der Waals surface area contributed by atoms with Gasteiger partial charge in [-0.15, -0.1) is 0 Å². The summed E-state index contributed by atoms with van der Waals surface area (Å²) in [6, 6.07) is 2.23. The Morgan fingerprint density at radius 3 is 2.50 bits per heavy atom. The van der Waals surface area contributed by atoms with Crippen LogP contribution in [0.2, 0.25) is 0 Å². The summed E-state index contributed by atoms with van der Waals surface area (Å²) in [7, 11) is 0. The highest BCUT2D eigenvalue weighted by Gasteiger charge is 2.24. The summed E-state index contributed by atoms with van der Waals surface area (Å²) < 4.78 is 2.81. The van der Waals surface area contributed by atoms with E-state index in [4.69, 9.17) is 5.73 Å². The molecular formula is C17H23N3OS. The van der Waals surface area contributed by atoms with Gasteiger partial charge in [-0.05, 0) is 91.1 Å². The molecule has 4 nitrogen and oxygen atoms in total. The lowest BCUT2D eigenvalue weighted by Gasteiger charge is -2.16. The molecule has 0 radical (unpaired) electrons. The van der Waals surface area contributed by atoms with Crippen LogP contribution < -0.4 is 15.8 Å². The molecule has 0 bridgehead atoms. The Kier molecular flexibility index (Phi) is 5.05. The number of carbonyl (C=O) groups excluding carboxylic acids is 1. The van der Waals surface area contributed by atoms with Gasteiger partial charge in [-0.2, -0.15) is 0 Å². The minimum atomic E-state index is -0.142. The molecule has 4 N–H and O–H groups in total. The predicted octanol–water partition coefficient (Wildman–Crippen LogP) is 3.30. The van der Waals surface area contributed by atoms with Crippen LogP contribution in [-0.2, 0) is 25.7 Å². The molecule has 0 unspecified atom stereocenters. The number of carbonyl (C=O) groups is 1. The van der Waals surface area contributed by atoms with Crippen molar-refractivity contribution in [3.8, 4) is 0 Å². The number of urea groups is 1. The second kappa shape index (κ2) is 7.20. The van der Waals surface area contributed by atoms with E-state index < -0.39 is 0 Å². The van der Waals surface area contributed by atoms with Gasteiger partial charge in [0, 0.05) is 5.69 Å². The van der Waals surface area contributed by atoms with Crippen LogP contribution >= 0.6 is 11.9 Å². The van der Waals surface area contributed by atoms with Crippen molar-refractivity contribution in [2.24, 2.45) is 5.73 Å². The smallest absolute Gasteiger partial charge is 0.329 e. The molecular weight excluding hydrogens is 294 g/mol. The number of aryl methyl sites for hydroxylation is 2. The number of benzene rings is 1. The van der Waals surface area contributed by atoms with Crippen molar-refractivity contribution in [2.45, 2.75) is 44.9 Å². The molecule has 2 aliphatic rings. The largest absolute Gasteiger partial charge is 0.330 e. The Bertz CT molecular complexity index is 566. The maximum absolute atomic E-state index is 12.1. The third-order valence-electron chi connectivity index (χ3n) is 4.36. The molecule has 5 heteroatoms. The molecule has 1 aromatic carbocycles. The SMILES string of the molecule is NCC/C=C/SNC(=O)Nc1c2c(cc3c1CCC3)CCC2. The maximum Gasteiger partial charge on any atom is 0.329 e. The first-order valence-corrected chi connectivity index (χ1v) is 8.91.